The monoisotopic (exact) mass is 468 g/mol. The zero-order chi connectivity index (χ0) is 22.2. The highest BCUT2D eigenvalue weighted by atomic mass is 32.2. The molecule has 0 aliphatic carbocycles. The molecule has 4 rings (SSSR count). The van der Waals surface area contributed by atoms with Crippen LogP contribution in [0.5, 0.6) is 0 Å². The van der Waals surface area contributed by atoms with E-state index in [0.29, 0.717) is 16.2 Å². The summed E-state index contributed by atoms with van der Waals surface area (Å²) in [6.45, 7) is 3.57. The summed E-state index contributed by atoms with van der Waals surface area (Å²) >= 11 is 0. The van der Waals surface area contributed by atoms with Gasteiger partial charge in [-0.2, -0.15) is 25.3 Å². The summed E-state index contributed by atoms with van der Waals surface area (Å²) < 4.78 is 102. The van der Waals surface area contributed by atoms with Crippen molar-refractivity contribution in [1.29, 1.82) is 0 Å². The van der Waals surface area contributed by atoms with E-state index < -0.39 is 45.0 Å². The first-order valence-corrected chi connectivity index (χ1v) is 12.4. The predicted octanol–water partition coefficient (Wildman–Crippen LogP) is 2.97. The van der Waals surface area contributed by atoms with Crippen molar-refractivity contribution in [2.75, 3.05) is 0 Å². The zero-order valence-electron chi connectivity index (χ0n) is 14.8. The van der Waals surface area contributed by atoms with Crippen LogP contribution in [0.1, 0.15) is 5.56 Å². The van der Waals surface area contributed by atoms with E-state index in [2.05, 4.69) is 6.58 Å². The Balaban J connectivity index is 2.63. The van der Waals surface area contributed by atoms with Gasteiger partial charge in [0, 0.05) is 16.2 Å². The standard InChI is InChI=1S/C18H12O9S3/c1-2-9-8-11-5-3-4-10-6-7-12-15(13(10)11)14(9)17(29(22,23)24)18(30(25,26)27)16(12)28(19,20)21/h2-8H,1H2,(H,19,20,21)(H,22,23,24)(H,25,26,27). The van der Waals surface area contributed by atoms with Crippen molar-refractivity contribution < 1.29 is 38.9 Å². The van der Waals surface area contributed by atoms with Crippen LogP contribution >= 0.6 is 0 Å². The molecule has 0 aliphatic rings. The first-order valence-electron chi connectivity index (χ1n) is 8.09. The van der Waals surface area contributed by atoms with Gasteiger partial charge in [-0.1, -0.05) is 43.0 Å². The van der Waals surface area contributed by atoms with Crippen molar-refractivity contribution in [3.63, 3.8) is 0 Å². The van der Waals surface area contributed by atoms with Crippen molar-refractivity contribution in [3.05, 3.63) is 48.5 Å². The quantitative estimate of drug-likeness (QED) is 0.302. The van der Waals surface area contributed by atoms with Crippen molar-refractivity contribution >= 4 is 68.7 Å². The minimum atomic E-state index is -5.56. The minimum Gasteiger partial charge on any atom is -0.282 e. The Morgan fingerprint density at radius 2 is 1.23 bits per heavy atom. The first-order chi connectivity index (χ1) is 13.8. The van der Waals surface area contributed by atoms with Crippen molar-refractivity contribution in [2.24, 2.45) is 0 Å². The summed E-state index contributed by atoms with van der Waals surface area (Å²) in [5.74, 6) is 0. The maximum atomic E-state index is 12.3. The van der Waals surface area contributed by atoms with E-state index in [9.17, 15) is 38.9 Å². The van der Waals surface area contributed by atoms with Crippen LogP contribution in [0.15, 0.2) is 57.7 Å². The highest BCUT2D eigenvalue weighted by molar-refractivity contribution is 7.90. The van der Waals surface area contributed by atoms with E-state index in [1.807, 2.05) is 0 Å². The number of hydrogen-bond acceptors (Lipinski definition) is 6. The summed E-state index contributed by atoms with van der Waals surface area (Å²) in [6.07, 6.45) is 1.19. The largest absolute Gasteiger partial charge is 0.297 e. The van der Waals surface area contributed by atoms with Gasteiger partial charge < -0.3 is 0 Å². The summed E-state index contributed by atoms with van der Waals surface area (Å²) in [5, 5.41) is 0.734. The lowest BCUT2D eigenvalue weighted by Crippen LogP contribution is -2.16. The van der Waals surface area contributed by atoms with Gasteiger partial charge in [0.25, 0.3) is 30.4 Å². The topological polar surface area (TPSA) is 163 Å². The molecular formula is C18H12O9S3. The fourth-order valence-corrected chi connectivity index (χ4v) is 7.45. The van der Waals surface area contributed by atoms with Crippen LogP contribution in [-0.2, 0) is 30.4 Å². The highest BCUT2D eigenvalue weighted by Crippen LogP contribution is 2.46. The molecule has 0 saturated heterocycles. The lowest BCUT2D eigenvalue weighted by atomic mass is 9.91. The van der Waals surface area contributed by atoms with Crippen LogP contribution in [0.2, 0.25) is 0 Å². The van der Waals surface area contributed by atoms with Gasteiger partial charge in [-0.25, -0.2) is 0 Å². The number of rotatable bonds is 4. The van der Waals surface area contributed by atoms with Crippen LogP contribution in [0.4, 0.5) is 0 Å². The first kappa shape index (κ1) is 20.7. The molecule has 12 heteroatoms. The SMILES string of the molecule is C=Cc1cc2cccc3ccc4c(S(=O)(=O)O)c(S(=O)(=O)O)c(S(=O)(=O)O)c1c4c32. The molecule has 0 amide bonds. The fraction of sp³-hybridized carbons (Fsp3) is 0. The summed E-state index contributed by atoms with van der Waals surface area (Å²) in [7, 11) is -16.4. The third-order valence-corrected chi connectivity index (χ3v) is 7.85. The van der Waals surface area contributed by atoms with Gasteiger partial charge in [-0.3, -0.25) is 13.7 Å². The predicted molar refractivity (Wildman–Crippen MR) is 110 cm³/mol. The Bertz CT molecular complexity index is 1720. The van der Waals surface area contributed by atoms with Gasteiger partial charge >= 0.3 is 0 Å². The molecule has 0 heterocycles. The molecule has 4 aromatic rings. The summed E-state index contributed by atoms with van der Waals surface area (Å²) in [5.41, 5.74) is 0.0608. The lowest BCUT2D eigenvalue weighted by molar-refractivity contribution is 0.458. The summed E-state index contributed by atoms with van der Waals surface area (Å²) in [6, 6.07) is 9.13. The number of hydrogen-bond donors (Lipinski definition) is 3. The molecule has 0 unspecified atom stereocenters. The van der Waals surface area contributed by atoms with E-state index in [1.54, 1.807) is 18.2 Å². The Kier molecular flexibility index (Phi) is 4.27. The van der Waals surface area contributed by atoms with Gasteiger partial charge in [0.05, 0.1) is 0 Å². The number of benzene rings is 4. The molecule has 156 valence electrons. The fourth-order valence-electron chi connectivity index (χ4n) is 3.84. The normalized spacial score (nSPS) is 13.4. The van der Waals surface area contributed by atoms with Crippen LogP contribution in [0.25, 0.3) is 38.4 Å². The molecule has 0 aliphatic heterocycles. The highest BCUT2D eigenvalue weighted by Gasteiger charge is 2.37. The van der Waals surface area contributed by atoms with Gasteiger partial charge in [0.2, 0.25) is 0 Å². The second-order valence-electron chi connectivity index (χ2n) is 6.52. The maximum Gasteiger partial charge on any atom is 0.297 e. The molecule has 0 fully saturated rings. The molecule has 0 aromatic heterocycles. The Labute approximate surface area is 170 Å². The Morgan fingerprint density at radius 1 is 0.667 bits per heavy atom. The molecular weight excluding hydrogens is 456 g/mol. The molecule has 0 atom stereocenters. The Hall–Kier alpha value is -2.61. The van der Waals surface area contributed by atoms with E-state index in [1.165, 1.54) is 24.3 Å². The molecule has 4 aromatic carbocycles. The molecule has 0 saturated carbocycles. The van der Waals surface area contributed by atoms with Gasteiger partial charge in [0.1, 0.15) is 14.7 Å². The molecule has 0 bridgehead atoms. The van der Waals surface area contributed by atoms with Crippen molar-refractivity contribution in [2.45, 2.75) is 14.7 Å². The average molecular weight is 468 g/mol. The second-order valence-corrected chi connectivity index (χ2v) is 10.6. The molecule has 0 spiro atoms. The van der Waals surface area contributed by atoms with E-state index in [0.717, 1.165) is 0 Å². The van der Waals surface area contributed by atoms with E-state index in [-0.39, 0.29) is 21.7 Å². The van der Waals surface area contributed by atoms with Gasteiger partial charge in [-0.05, 0) is 27.8 Å². The molecule has 3 N–H and O–H groups in total. The minimum absolute atomic E-state index is 0.0341. The van der Waals surface area contributed by atoms with E-state index >= 15 is 0 Å². The zero-order valence-corrected chi connectivity index (χ0v) is 17.2. The van der Waals surface area contributed by atoms with Crippen LogP contribution in [0, 0.1) is 0 Å². The smallest absolute Gasteiger partial charge is 0.282 e. The van der Waals surface area contributed by atoms with Crippen LogP contribution in [0.3, 0.4) is 0 Å². The van der Waals surface area contributed by atoms with Crippen molar-refractivity contribution in [1.82, 2.24) is 0 Å². The van der Waals surface area contributed by atoms with Crippen LogP contribution in [-0.4, -0.2) is 38.9 Å². The van der Waals surface area contributed by atoms with E-state index in [4.69, 9.17) is 0 Å². The Morgan fingerprint density at radius 3 is 1.77 bits per heavy atom. The third kappa shape index (κ3) is 2.88. The van der Waals surface area contributed by atoms with Crippen molar-refractivity contribution in [3.8, 4) is 0 Å². The third-order valence-electron chi connectivity index (χ3n) is 4.81. The van der Waals surface area contributed by atoms with Gasteiger partial charge in [0.15, 0.2) is 0 Å². The maximum absolute atomic E-state index is 12.3. The molecule has 30 heavy (non-hydrogen) atoms. The molecule has 9 nitrogen and oxygen atoms in total. The lowest BCUT2D eigenvalue weighted by Gasteiger charge is -2.20. The van der Waals surface area contributed by atoms with Crippen LogP contribution < -0.4 is 0 Å². The average Bonchev–Trinajstić information content (AvgIpc) is 2.61. The molecule has 0 radical (unpaired) electrons. The second kappa shape index (κ2) is 6.20. The van der Waals surface area contributed by atoms with Gasteiger partial charge in [-0.15, -0.1) is 0 Å². The summed E-state index contributed by atoms with van der Waals surface area (Å²) in [4.78, 5) is -4.35.